The van der Waals surface area contributed by atoms with E-state index in [1.807, 2.05) is 6.92 Å². The zero-order valence-electron chi connectivity index (χ0n) is 15.3. The summed E-state index contributed by atoms with van der Waals surface area (Å²) in [6.45, 7) is 1.84. The fourth-order valence-electron chi connectivity index (χ4n) is 3.01. The van der Waals surface area contributed by atoms with Gasteiger partial charge < -0.3 is 4.42 Å². The van der Waals surface area contributed by atoms with E-state index in [0.29, 0.717) is 27.8 Å². The Morgan fingerprint density at radius 1 is 1.07 bits per heavy atom. The molecule has 0 spiro atoms. The third-order valence-electron chi connectivity index (χ3n) is 4.53. The summed E-state index contributed by atoms with van der Waals surface area (Å²) in [5.74, 6) is -0.264. The van der Waals surface area contributed by atoms with Crippen LogP contribution >= 0.6 is 23.4 Å². The molecule has 4 rings (SSSR count). The van der Waals surface area contributed by atoms with Gasteiger partial charge in [0, 0.05) is 5.02 Å². The van der Waals surface area contributed by atoms with Crippen molar-refractivity contribution < 1.29 is 18.4 Å². The zero-order chi connectivity index (χ0) is 20.5. The normalized spacial score (nSPS) is 14.2. The van der Waals surface area contributed by atoms with E-state index in [4.69, 9.17) is 16.0 Å². The number of furan rings is 1. The van der Waals surface area contributed by atoms with Crippen molar-refractivity contribution in [2.24, 2.45) is 0 Å². The Balaban J connectivity index is 1.76. The molecule has 0 atom stereocenters. The summed E-state index contributed by atoms with van der Waals surface area (Å²) < 4.78 is 18.7. The molecule has 3 aromatic rings. The topological polar surface area (TPSA) is 50.5 Å². The molecule has 2 amide bonds. The number of hydrogen-bond donors (Lipinski definition) is 0. The van der Waals surface area contributed by atoms with Gasteiger partial charge in [0.15, 0.2) is 0 Å². The summed E-state index contributed by atoms with van der Waals surface area (Å²) in [5.41, 5.74) is 1.95. The molecule has 0 unspecified atom stereocenters. The minimum absolute atomic E-state index is 0.239. The van der Waals surface area contributed by atoms with E-state index in [1.165, 1.54) is 36.0 Å². The van der Waals surface area contributed by atoms with Crippen LogP contribution in [0, 0.1) is 12.7 Å². The van der Waals surface area contributed by atoms with Crippen molar-refractivity contribution in [1.29, 1.82) is 0 Å². The Morgan fingerprint density at radius 2 is 1.83 bits per heavy atom. The van der Waals surface area contributed by atoms with Crippen LogP contribution in [0.1, 0.15) is 16.9 Å². The Kier molecular flexibility index (Phi) is 5.30. The van der Waals surface area contributed by atoms with Crippen LogP contribution in [0.3, 0.4) is 0 Å². The molecular formula is C22H15ClFNO3S. The van der Waals surface area contributed by atoms with Gasteiger partial charge in [0.1, 0.15) is 11.6 Å². The van der Waals surface area contributed by atoms with Crippen molar-refractivity contribution in [3.63, 3.8) is 0 Å². The third kappa shape index (κ3) is 3.73. The fourth-order valence-corrected chi connectivity index (χ4v) is 4.20. The molecule has 4 nitrogen and oxygen atoms in total. The molecule has 1 aromatic heterocycles. The molecule has 0 saturated carbocycles. The van der Waals surface area contributed by atoms with Gasteiger partial charge in [-0.3, -0.25) is 9.59 Å². The Morgan fingerprint density at radius 3 is 2.48 bits per heavy atom. The lowest BCUT2D eigenvalue weighted by molar-refractivity contribution is -0.119. The van der Waals surface area contributed by atoms with E-state index in [9.17, 15) is 14.0 Å². The molecule has 0 bridgehead atoms. The van der Waals surface area contributed by atoms with Crippen molar-refractivity contribution in [2.75, 3.05) is 4.90 Å². The van der Waals surface area contributed by atoms with E-state index >= 15 is 0 Å². The first-order chi connectivity index (χ1) is 14.0. The molecule has 0 radical (unpaired) electrons. The molecule has 0 aliphatic carbocycles. The van der Waals surface area contributed by atoms with Crippen molar-refractivity contribution >= 4 is 46.4 Å². The van der Waals surface area contributed by atoms with Gasteiger partial charge in [-0.15, -0.1) is 11.8 Å². The number of amides is 2. The Hall–Kier alpha value is -2.83. The smallest absolute Gasteiger partial charge is 0.272 e. The number of hydrogen-bond acceptors (Lipinski definition) is 4. The van der Waals surface area contributed by atoms with Gasteiger partial charge in [-0.05, 0) is 54.4 Å². The molecule has 1 aliphatic rings. The molecule has 7 heteroatoms. The molecule has 146 valence electrons. The average molecular weight is 428 g/mol. The number of nitrogens with zero attached hydrogens (tertiary/aromatic N) is 1. The lowest BCUT2D eigenvalue weighted by Crippen LogP contribution is -2.31. The predicted molar refractivity (Wildman–Crippen MR) is 112 cm³/mol. The van der Waals surface area contributed by atoms with Gasteiger partial charge in [-0.2, -0.15) is 0 Å². The minimum atomic E-state index is -0.469. The van der Waals surface area contributed by atoms with Gasteiger partial charge in [0.05, 0.1) is 28.2 Å². The molecule has 2 aromatic carbocycles. The summed E-state index contributed by atoms with van der Waals surface area (Å²) in [6.07, 6.45) is 1.55. The van der Waals surface area contributed by atoms with Crippen molar-refractivity contribution in [1.82, 2.24) is 0 Å². The van der Waals surface area contributed by atoms with E-state index < -0.39 is 17.6 Å². The Labute approximate surface area is 176 Å². The predicted octanol–water partition coefficient (Wildman–Crippen LogP) is 5.60. The second kappa shape index (κ2) is 7.89. The maximum Gasteiger partial charge on any atom is 0.272 e. The van der Waals surface area contributed by atoms with Crippen molar-refractivity contribution in [3.05, 3.63) is 93.5 Å². The van der Waals surface area contributed by atoms with Gasteiger partial charge >= 0.3 is 0 Å². The first-order valence-electron chi connectivity index (χ1n) is 8.76. The van der Waals surface area contributed by atoms with Crippen LogP contribution in [-0.4, -0.2) is 11.8 Å². The van der Waals surface area contributed by atoms with Crippen molar-refractivity contribution in [2.45, 2.75) is 12.7 Å². The minimum Gasteiger partial charge on any atom is -0.468 e. The molecule has 0 fully saturated rings. The first kappa shape index (κ1) is 19.5. The molecule has 2 heterocycles. The number of halogens is 2. The van der Waals surface area contributed by atoms with Gasteiger partial charge in [0.25, 0.3) is 11.8 Å². The van der Waals surface area contributed by atoms with Crippen LogP contribution in [0.25, 0.3) is 5.57 Å². The number of aryl methyl sites for hydroxylation is 1. The average Bonchev–Trinajstić information content (AvgIpc) is 3.30. The SMILES string of the molecule is Cc1ccc(N2C(=O)C(SCc3ccco3)=C(c3ccc(F)cc3)C2=O)cc1Cl. The largest absolute Gasteiger partial charge is 0.468 e. The highest BCUT2D eigenvalue weighted by atomic mass is 35.5. The highest BCUT2D eigenvalue weighted by Crippen LogP contribution is 2.40. The first-order valence-corrected chi connectivity index (χ1v) is 10.1. The van der Waals surface area contributed by atoms with E-state index in [0.717, 1.165) is 10.5 Å². The van der Waals surface area contributed by atoms with E-state index in [-0.39, 0.29) is 10.5 Å². The molecular weight excluding hydrogens is 413 g/mol. The van der Waals surface area contributed by atoms with Crippen LogP contribution < -0.4 is 4.90 Å². The maximum absolute atomic E-state index is 13.4. The van der Waals surface area contributed by atoms with Crippen LogP contribution in [0.2, 0.25) is 5.02 Å². The fraction of sp³-hybridized carbons (Fsp3) is 0.0909. The van der Waals surface area contributed by atoms with Crippen molar-refractivity contribution in [3.8, 4) is 0 Å². The second-order valence-corrected chi connectivity index (χ2v) is 7.85. The van der Waals surface area contributed by atoms with Gasteiger partial charge in [-0.25, -0.2) is 9.29 Å². The molecule has 0 saturated heterocycles. The standard InChI is InChI=1S/C22H15ClFNO3S/c1-13-4-9-16(11-18(13)23)25-21(26)19(14-5-7-15(24)8-6-14)20(22(25)27)29-12-17-3-2-10-28-17/h2-11H,12H2,1H3. The number of benzene rings is 2. The van der Waals surface area contributed by atoms with Crippen LogP contribution in [-0.2, 0) is 15.3 Å². The number of carbonyl (C=O) groups is 2. The van der Waals surface area contributed by atoms with Gasteiger partial charge in [-0.1, -0.05) is 29.8 Å². The summed E-state index contributed by atoms with van der Waals surface area (Å²) in [6, 6.07) is 14.1. The monoisotopic (exact) mass is 427 g/mol. The third-order valence-corrected chi connectivity index (χ3v) is 6.03. The van der Waals surface area contributed by atoms with Crippen LogP contribution in [0.15, 0.2) is 70.2 Å². The quantitative estimate of drug-likeness (QED) is 0.497. The highest BCUT2D eigenvalue weighted by molar-refractivity contribution is 8.03. The molecule has 1 aliphatic heterocycles. The van der Waals surface area contributed by atoms with E-state index in [2.05, 4.69) is 0 Å². The highest BCUT2D eigenvalue weighted by Gasteiger charge is 2.40. The lowest BCUT2D eigenvalue weighted by Gasteiger charge is -2.16. The summed E-state index contributed by atoms with van der Waals surface area (Å²) in [5, 5.41) is 0.461. The number of thioether (sulfide) groups is 1. The summed E-state index contributed by atoms with van der Waals surface area (Å²) in [7, 11) is 0. The van der Waals surface area contributed by atoms with Crippen LogP contribution in [0.4, 0.5) is 10.1 Å². The number of anilines is 1. The summed E-state index contributed by atoms with van der Waals surface area (Å²) in [4.78, 5) is 27.8. The lowest BCUT2D eigenvalue weighted by atomic mass is 10.1. The number of carbonyl (C=O) groups excluding carboxylic acids is 2. The van der Waals surface area contributed by atoms with Gasteiger partial charge in [0.2, 0.25) is 0 Å². The maximum atomic E-state index is 13.4. The molecule has 0 N–H and O–H groups in total. The van der Waals surface area contributed by atoms with Crippen LogP contribution in [0.5, 0.6) is 0 Å². The second-order valence-electron chi connectivity index (χ2n) is 6.46. The zero-order valence-corrected chi connectivity index (χ0v) is 16.9. The molecule has 29 heavy (non-hydrogen) atoms. The number of imide groups is 1. The van der Waals surface area contributed by atoms with E-state index in [1.54, 1.807) is 36.6 Å². The Bertz CT molecular complexity index is 1120. The summed E-state index contributed by atoms with van der Waals surface area (Å²) >= 11 is 7.42. The number of rotatable bonds is 5.